The van der Waals surface area contributed by atoms with Crippen molar-refractivity contribution in [3.8, 4) is 9.85 Å². The van der Waals surface area contributed by atoms with Gasteiger partial charge in [-0.2, -0.15) is 0 Å². The Labute approximate surface area is 142 Å². The summed E-state index contributed by atoms with van der Waals surface area (Å²) in [6.07, 6.45) is 3.54. The molecule has 0 amide bonds. The van der Waals surface area contributed by atoms with E-state index < -0.39 is 0 Å². The highest BCUT2D eigenvalue weighted by Crippen LogP contribution is 1.89. The van der Waals surface area contributed by atoms with Gasteiger partial charge in [0.05, 0.1) is 0 Å². The molecule has 2 aromatic rings. The van der Waals surface area contributed by atoms with Gasteiger partial charge < -0.3 is 0 Å². The van der Waals surface area contributed by atoms with Crippen molar-refractivity contribution in [2.75, 3.05) is 0 Å². The van der Waals surface area contributed by atoms with Gasteiger partial charge in [0.1, 0.15) is 0 Å². The van der Waals surface area contributed by atoms with Gasteiger partial charge in [0, 0.05) is 6.42 Å². The zero-order valence-corrected chi connectivity index (χ0v) is 15.9. The lowest BCUT2D eigenvalue weighted by molar-refractivity contribution is -0.598. The molecule has 0 saturated heterocycles. The highest BCUT2D eigenvalue weighted by molar-refractivity contribution is 5.03. The minimum atomic E-state index is -0.113. The predicted octanol–water partition coefficient (Wildman–Crippen LogP) is -1.78. The molecule has 2 heteroatoms. The van der Waals surface area contributed by atoms with Gasteiger partial charge in [0.2, 0.25) is 3.57 Å². The number of unbranched alkanes of at least 4 members (excludes halogenated alkanes) is 2. The van der Waals surface area contributed by atoms with Gasteiger partial charge in [0.25, 0.3) is 0 Å². The van der Waals surface area contributed by atoms with E-state index in [0.29, 0.717) is 0 Å². The van der Waals surface area contributed by atoms with Gasteiger partial charge in [-0.3, -0.25) is 0 Å². The van der Waals surface area contributed by atoms with Crippen LogP contribution in [0, 0.1) is 20.6 Å². The molecule has 0 aromatic heterocycles. The predicted molar refractivity (Wildman–Crippen MR) is 76.3 cm³/mol. The van der Waals surface area contributed by atoms with Crippen molar-refractivity contribution in [3.63, 3.8) is 0 Å². The van der Waals surface area contributed by atoms with Crippen molar-refractivity contribution < 1.29 is 42.4 Å². The molecule has 0 aliphatic rings. The zero-order valence-electron chi connectivity index (χ0n) is 11.6. The number of rotatable bonds is 5. The topological polar surface area (TPSA) is 0 Å². The van der Waals surface area contributed by atoms with E-state index in [-0.39, 0.29) is 42.4 Å². The number of benzene rings is 2. The maximum absolute atomic E-state index is 3.37. The van der Waals surface area contributed by atoms with E-state index in [2.05, 4.69) is 71.4 Å². The molecule has 0 saturated carbocycles. The SMILES string of the molecule is CCCCC#C[I+]c1ccc([I+]c2ccccc2)cc1. The van der Waals surface area contributed by atoms with Crippen LogP contribution in [0.25, 0.3) is 0 Å². The van der Waals surface area contributed by atoms with Crippen molar-refractivity contribution in [3.05, 3.63) is 65.3 Å². The maximum Gasteiger partial charge on any atom is 0.419 e. The Balaban J connectivity index is 1.88. The highest BCUT2D eigenvalue weighted by atomic mass is 127. The molecule has 0 spiro atoms. The summed E-state index contributed by atoms with van der Waals surface area (Å²) in [5, 5.41) is 0. The van der Waals surface area contributed by atoms with Crippen LogP contribution in [0.5, 0.6) is 0 Å². The van der Waals surface area contributed by atoms with E-state index in [0.717, 1.165) is 6.42 Å². The number of halogens is 2. The molecule has 0 aliphatic carbocycles. The highest BCUT2D eigenvalue weighted by Gasteiger charge is 2.16. The Bertz CT molecular complexity index is 562. The molecule has 0 radical (unpaired) electrons. The Morgan fingerprint density at radius 3 is 2.20 bits per heavy atom. The third-order valence-corrected chi connectivity index (χ3v) is 7.31. The monoisotopic (exact) mass is 488 g/mol. The number of hydrogen-bond acceptors (Lipinski definition) is 0. The van der Waals surface area contributed by atoms with E-state index in [9.17, 15) is 0 Å². The largest absolute Gasteiger partial charge is 0.419 e. The van der Waals surface area contributed by atoms with Crippen LogP contribution < -0.4 is 42.4 Å². The summed E-state index contributed by atoms with van der Waals surface area (Å²) in [5.74, 6) is 3.30. The quantitative estimate of drug-likeness (QED) is 0.266. The molecule has 0 N–H and O–H groups in total. The van der Waals surface area contributed by atoms with Crippen LogP contribution in [-0.4, -0.2) is 0 Å². The van der Waals surface area contributed by atoms with E-state index in [4.69, 9.17) is 0 Å². The average molecular weight is 488 g/mol. The Kier molecular flexibility index (Phi) is 7.45. The lowest BCUT2D eigenvalue weighted by Crippen LogP contribution is -3.61. The summed E-state index contributed by atoms with van der Waals surface area (Å²) in [7, 11) is 0. The van der Waals surface area contributed by atoms with Crippen LogP contribution in [-0.2, 0) is 0 Å². The van der Waals surface area contributed by atoms with E-state index in [1.807, 2.05) is 0 Å². The molecule has 102 valence electrons. The molecule has 0 atom stereocenters. The minimum absolute atomic E-state index is 0.0299. The van der Waals surface area contributed by atoms with E-state index in [1.54, 1.807) is 0 Å². The summed E-state index contributed by atoms with van der Waals surface area (Å²) in [6.45, 7) is 2.21. The lowest BCUT2D eigenvalue weighted by atomic mass is 10.3. The fourth-order valence-electron chi connectivity index (χ4n) is 1.56. The van der Waals surface area contributed by atoms with Gasteiger partial charge in [0.15, 0.2) is 11.1 Å². The fourth-order valence-corrected chi connectivity index (χ4v) is 5.26. The second kappa shape index (κ2) is 9.41. The Hall–Kier alpha value is -0.540. The van der Waals surface area contributed by atoms with E-state index >= 15 is 0 Å². The molecule has 20 heavy (non-hydrogen) atoms. The first-order valence-corrected chi connectivity index (χ1v) is 11.1. The Morgan fingerprint density at radius 1 is 0.850 bits per heavy atom. The summed E-state index contributed by atoms with van der Waals surface area (Å²) in [5.41, 5.74) is 0. The van der Waals surface area contributed by atoms with Crippen LogP contribution in [0.1, 0.15) is 26.2 Å². The summed E-state index contributed by atoms with van der Waals surface area (Å²) in [6, 6.07) is 19.9. The molecule has 2 aromatic carbocycles. The molecule has 0 unspecified atom stereocenters. The average Bonchev–Trinajstić information content (AvgIpc) is 2.50. The third-order valence-electron chi connectivity index (χ3n) is 2.63. The first-order valence-electron chi connectivity index (χ1n) is 6.80. The van der Waals surface area contributed by atoms with Crippen LogP contribution in [0.4, 0.5) is 0 Å². The van der Waals surface area contributed by atoms with Gasteiger partial charge >= 0.3 is 42.4 Å². The molecular formula is C18H18I2+2. The molecule has 0 nitrogen and oxygen atoms in total. The molecular weight excluding hydrogens is 470 g/mol. The molecule has 0 bridgehead atoms. The molecule has 0 heterocycles. The van der Waals surface area contributed by atoms with Crippen molar-refractivity contribution in [1.29, 1.82) is 0 Å². The first-order chi connectivity index (χ1) is 9.88. The smallest absolute Gasteiger partial charge is 0.0653 e. The summed E-state index contributed by atoms with van der Waals surface area (Å²) in [4.78, 5) is 0. The van der Waals surface area contributed by atoms with Gasteiger partial charge in [-0.1, -0.05) is 31.5 Å². The zero-order chi connectivity index (χ0) is 14.0. The standard InChI is InChI=1S/C18H18I2/c1-2-3-4-8-15-19-16-11-13-18(14-12-16)20-17-9-6-5-7-10-17/h5-7,9-14H,2-4H2,1H3/q+2. The van der Waals surface area contributed by atoms with Crippen molar-refractivity contribution in [2.45, 2.75) is 26.2 Å². The van der Waals surface area contributed by atoms with Crippen LogP contribution in [0.3, 0.4) is 0 Å². The normalized spacial score (nSPS) is 9.85. The van der Waals surface area contributed by atoms with Crippen LogP contribution >= 0.6 is 0 Å². The Morgan fingerprint density at radius 2 is 1.50 bits per heavy atom. The van der Waals surface area contributed by atoms with Crippen molar-refractivity contribution in [2.24, 2.45) is 0 Å². The minimum Gasteiger partial charge on any atom is -0.0653 e. The molecule has 2 rings (SSSR count). The van der Waals surface area contributed by atoms with Gasteiger partial charge in [-0.25, -0.2) is 0 Å². The summed E-state index contributed by atoms with van der Waals surface area (Å²) >= 11 is -0.143. The van der Waals surface area contributed by atoms with Crippen LogP contribution in [0.2, 0.25) is 0 Å². The molecule has 0 aliphatic heterocycles. The molecule has 0 fully saturated rings. The van der Waals surface area contributed by atoms with Crippen molar-refractivity contribution in [1.82, 2.24) is 0 Å². The summed E-state index contributed by atoms with van der Waals surface area (Å²) < 4.78 is 7.78. The van der Waals surface area contributed by atoms with Crippen LogP contribution in [0.15, 0.2) is 54.6 Å². The van der Waals surface area contributed by atoms with Gasteiger partial charge in [-0.15, -0.1) is 0 Å². The van der Waals surface area contributed by atoms with Gasteiger partial charge in [-0.05, 0) is 48.7 Å². The lowest BCUT2D eigenvalue weighted by Gasteiger charge is -1.85. The fraction of sp³-hybridized carbons (Fsp3) is 0.222. The first kappa shape index (κ1) is 15.8. The second-order valence-electron chi connectivity index (χ2n) is 4.30. The third kappa shape index (κ3) is 5.84. The maximum atomic E-state index is 3.37. The number of hydrogen-bond donors (Lipinski definition) is 0. The van der Waals surface area contributed by atoms with E-state index in [1.165, 1.54) is 23.6 Å². The second-order valence-corrected chi connectivity index (χ2v) is 9.65. The van der Waals surface area contributed by atoms with Crippen molar-refractivity contribution >= 4 is 0 Å².